The van der Waals surface area contributed by atoms with Gasteiger partial charge in [0, 0.05) is 17.9 Å². The van der Waals surface area contributed by atoms with Crippen LogP contribution >= 0.6 is 21.6 Å². The lowest BCUT2D eigenvalue weighted by molar-refractivity contribution is -0.148. The van der Waals surface area contributed by atoms with Crippen LogP contribution in [0.1, 0.15) is 32.3 Å². The zero-order valence-corrected chi connectivity index (χ0v) is 24.4. The van der Waals surface area contributed by atoms with Gasteiger partial charge in [-0.05, 0) is 36.1 Å². The summed E-state index contributed by atoms with van der Waals surface area (Å²) in [4.78, 5) is 65.4. The molecule has 0 radical (unpaired) electrons. The van der Waals surface area contributed by atoms with Crippen LogP contribution in [-0.2, 0) is 35.1 Å². The highest BCUT2D eigenvalue weighted by atomic mass is 33.1. The molecule has 4 N–H and O–H groups in total. The van der Waals surface area contributed by atoms with Crippen molar-refractivity contribution in [2.45, 2.75) is 57.3 Å². The number of rotatable bonds is 4. The van der Waals surface area contributed by atoms with E-state index in [1.807, 2.05) is 6.08 Å². The van der Waals surface area contributed by atoms with Gasteiger partial charge in [0.2, 0.25) is 23.6 Å². The summed E-state index contributed by atoms with van der Waals surface area (Å²) in [5, 5.41) is 10.8. The Balaban J connectivity index is 1.96. The molecule has 1 unspecified atom stereocenters. The molecular formula is C27H36N4O7S2. The molecular weight excluding hydrogens is 556 g/mol. The summed E-state index contributed by atoms with van der Waals surface area (Å²) in [6.07, 6.45) is 3.18. The van der Waals surface area contributed by atoms with Crippen LogP contribution in [0.4, 0.5) is 0 Å². The van der Waals surface area contributed by atoms with Crippen molar-refractivity contribution in [2.75, 3.05) is 25.2 Å². The molecule has 3 rings (SSSR count). The van der Waals surface area contributed by atoms with Crippen LogP contribution in [0.25, 0.3) is 0 Å². The summed E-state index contributed by atoms with van der Waals surface area (Å²) in [6.45, 7) is 3.12. The second-order valence-electron chi connectivity index (χ2n) is 9.74. The second kappa shape index (κ2) is 15.6. The first-order chi connectivity index (χ1) is 19.2. The quantitative estimate of drug-likeness (QED) is 0.229. The first-order valence-electron chi connectivity index (χ1n) is 13.1. The van der Waals surface area contributed by atoms with E-state index in [0.717, 1.165) is 5.56 Å². The van der Waals surface area contributed by atoms with E-state index in [1.54, 1.807) is 51.3 Å². The first kappa shape index (κ1) is 31.3. The van der Waals surface area contributed by atoms with Crippen molar-refractivity contribution < 1.29 is 33.4 Å². The number of hydrogen-bond acceptors (Lipinski definition) is 9. The van der Waals surface area contributed by atoms with Gasteiger partial charge in [-0.15, -0.1) is 0 Å². The van der Waals surface area contributed by atoms with Gasteiger partial charge in [0.25, 0.3) is 0 Å². The van der Waals surface area contributed by atoms with E-state index in [1.165, 1.54) is 21.6 Å². The van der Waals surface area contributed by atoms with Gasteiger partial charge in [0.15, 0.2) is 0 Å². The Morgan fingerprint density at radius 3 is 2.42 bits per heavy atom. The Labute approximate surface area is 241 Å². The fraction of sp³-hybridized carbons (Fsp3) is 0.519. The third-order valence-electron chi connectivity index (χ3n) is 6.24. The van der Waals surface area contributed by atoms with Crippen molar-refractivity contribution in [1.29, 1.82) is 0 Å². The van der Waals surface area contributed by atoms with E-state index in [0.29, 0.717) is 17.9 Å². The van der Waals surface area contributed by atoms with Crippen LogP contribution in [0.2, 0.25) is 0 Å². The van der Waals surface area contributed by atoms with E-state index in [4.69, 9.17) is 9.47 Å². The molecule has 2 aliphatic heterocycles. The zero-order chi connectivity index (χ0) is 29.1. The Morgan fingerprint density at radius 1 is 0.975 bits per heavy atom. The zero-order valence-electron chi connectivity index (χ0n) is 22.8. The van der Waals surface area contributed by atoms with Crippen LogP contribution in [0.15, 0.2) is 36.4 Å². The van der Waals surface area contributed by atoms with Gasteiger partial charge in [-0.2, -0.15) is 0 Å². The topological polar surface area (TPSA) is 152 Å². The Morgan fingerprint density at radius 2 is 1.73 bits per heavy atom. The van der Waals surface area contributed by atoms with Crippen molar-refractivity contribution in [3.8, 4) is 5.75 Å². The Hall–Kier alpha value is -3.19. The van der Waals surface area contributed by atoms with Gasteiger partial charge in [-0.3, -0.25) is 24.0 Å². The van der Waals surface area contributed by atoms with Gasteiger partial charge in [0.05, 0.1) is 13.5 Å². The average Bonchev–Trinajstić information content (AvgIpc) is 2.92. The van der Waals surface area contributed by atoms with Crippen molar-refractivity contribution in [2.24, 2.45) is 5.92 Å². The molecule has 11 nitrogen and oxygen atoms in total. The normalized spacial score (nSPS) is 26.4. The summed E-state index contributed by atoms with van der Waals surface area (Å²) < 4.78 is 10.7. The number of esters is 1. The summed E-state index contributed by atoms with van der Waals surface area (Å²) >= 11 is 0. The van der Waals surface area contributed by atoms with Gasteiger partial charge in [0.1, 0.15) is 36.5 Å². The van der Waals surface area contributed by atoms with Crippen molar-refractivity contribution in [3.05, 3.63) is 42.0 Å². The SMILES string of the molecule is COc1ccc(C[C@H]2NC(=O)C3CSSCC/C=C/[C@H](CC(=O)N[C@H](C(C)C)C(=O)N3)OC(=O)CNC2=O)cc1. The van der Waals surface area contributed by atoms with Crippen LogP contribution in [0.3, 0.4) is 0 Å². The number of carbonyl (C=O) groups is 5. The summed E-state index contributed by atoms with van der Waals surface area (Å²) in [6, 6.07) is 4.12. The van der Waals surface area contributed by atoms with E-state index in [9.17, 15) is 24.0 Å². The number of fused-ring (bicyclic) bond motifs is 7. The molecule has 1 aromatic rings. The van der Waals surface area contributed by atoms with Gasteiger partial charge < -0.3 is 30.7 Å². The van der Waals surface area contributed by atoms with E-state index in [-0.39, 0.29) is 24.5 Å². The number of hydrogen-bond donors (Lipinski definition) is 4. The van der Waals surface area contributed by atoms with Gasteiger partial charge in [-0.1, -0.05) is 53.6 Å². The monoisotopic (exact) mass is 592 g/mol. The minimum atomic E-state index is -1.04. The molecule has 1 fully saturated rings. The predicted molar refractivity (Wildman–Crippen MR) is 154 cm³/mol. The molecule has 2 heterocycles. The number of allylic oxidation sites excluding steroid dienone is 1. The molecule has 40 heavy (non-hydrogen) atoms. The highest BCUT2D eigenvalue weighted by molar-refractivity contribution is 8.76. The highest BCUT2D eigenvalue weighted by Crippen LogP contribution is 2.24. The lowest BCUT2D eigenvalue weighted by Crippen LogP contribution is -2.59. The standard InChI is InChI=1S/C27H36N4O7S2/c1-16(2)24-27(36)30-21-15-40-39-11-5-4-6-19(13-22(32)31-24)38-23(33)14-28-25(34)20(29-26(21)35)12-17-7-9-18(37-3)10-8-17/h4,6-10,16,19-21,24H,5,11-15H2,1-3H3,(H,28,34)(H,29,35)(H,30,36)(H,31,32)/b6-4+/t19-,20-,21?,24-/m1/s1. The predicted octanol–water partition coefficient (Wildman–Crippen LogP) is 1.12. The van der Waals surface area contributed by atoms with Crippen LogP contribution in [0, 0.1) is 5.92 Å². The third-order valence-corrected chi connectivity index (χ3v) is 8.69. The smallest absolute Gasteiger partial charge is 0.326 e. The van der Waals surface area contributed by atoms with Crippen LogP contribution in [-0.4, -0.2) is 79.0 Å². The summed E-state index contributed by atoms with van der Waals surface area (Å²) in [7, 11) is 4.50. The summed E-state index contributed by atoms with van der Waals surface area (Å²) in [5.41, 5.74) is 0.752. The molecule has 218 valence electrons. The van der Waals surface area contributed by atoms with Gasteiger partial charge in [-0.25, -0.2) is 0 Å². The maximum atomic E-state index is 13.5. The third kappa shape index (κ3) is 9.77. The number of carbonyl (C=O) groups excluding carboxylic acids is 5. The first-order valence-corrected chi connectivity index (χ1v) is 15.6. The molecule has 1 aromatic carbocycles. The number of benzene rings is 1. The van der Waals surface area contributed by atoms with Crippen molar-refractivity contribution >= 4 is 51.2 Å². The maximum absolute atomic E-state index is 13.5. The molecule has 13 heteroatoms. The summed E-state index contributed by atoms with van der Waals surface area (Å²) in [5.74, 6) is -1.57. The van der Waals surface area contributed by atoms with Crippen LogP contribution < -0.4 is 26.0 Å². The van der Waals surface area contributed by atoms with E-state index in [2.05, 4.69) is 21.3 Å². The molecule has 2 bridgehead atoms. The number of amides is 4. The minimum absolute atomic E-state index is 0.134. The minimum Gasteiger partial charge on any atom is -0.497 e. The highest BCUT2D eigenvalue weighted by Gasteiger charge is 2.32. The molecule has 2 aliphatic rings. The lowest BCUT2D eigenvalue weighted by atomic mass is 10.0. The maximum Gasteiger partial charge on any atom is 0.326 e. The number of methoxy groups -OCH3 is 1. The molecule has 0 spiro atoms. The fourth-order valence-electron chi connectivity index (χ4n) is 4.05. The van der Waals surface area contributed by atoms with E-state index < -0.39 is 60.4 Å². The lowest BCUT2D eigenvalue weighted by Gasteiger charge is -2.27. The fourth-order valence-corrected chi connectivity index (χ4v) is 6.21. The second-order valence-corrected chi connectivity index (χ2v) is 12.4. The number of ether oxygens (including phenoxy) is 2. The largest absolute Gasteiger partial charge is 0.497 e. The molecule has 1 saturated heterocycles. The van der Waals surface area contributed by atoms with Crippen LogP contribution in [0.5, 0.6) is 5.75 Å². The molecule has 4 amide bonds. The van der Waals surface area contributed by atoms with Crippen molar-refractivity contribution in [1.82, 2.24) is 21.3 Å². The Bertz CT molecular complexity index is 1100. The molecule has 0 aliphatic carbocycles. The molecule has 0 saturated carbocycles. The van der Waals surface area contributed by atoms with E-state index >= 15 is 0 Å². The molecule has 0 aromatic heterocycles. The van der Waals surface area contributed by atoms with Crippen molar-refractivity contribution in [3.63, 3.8) is 0 Å². The Kier molecular flexibility index (Phi) is 12.2. The molecule has 4 atom stereocenters. The van der Waals surface area contributed by atoms with Gasteiger partial charge >= 0.3 is 5.97 Å². The average molecular weight is 593 g/mol. The number of nitrogens with one attached hydrogen (secondary N) is 4.